The standard InChI is InChI=1S/C19H23N5OS/c1-24(2)10-9-17-22-23-19(26-17)21-18(25)12-7-8-14-13-5-3-4-6-15(13)20-16(14)11-12/h7-8,11,20H,3-6,9-10H2,1-2H3,(H,21,23,25). The summed E-state index contributed by atoms with van der Waals surface area (Å²) >= 11 is 1.43. The Balaban J connectivity index is 1.49. The van der Waals surface area contributed by atoms with Crippen molar-refractivity contribution in [2.24, 2.45) is 0 Å². The van der Waals surface area contributed by atoms with Crippen molar-refractivity contribution in [3.63, 3.8) is 0 Å². The number of aryl methyl sites for hydroxylation is 2. The summed E-state index contributed by atoms with van der Waals surface area (Å²) in [5.74, 6) is -0.144. The van der Waals surface area contributed by atoms with Crippen molar-refractivity contribution in [3.8, 4) is 0 Å². The Bertz CT molecular complexity index is 943. The first-order valence-corrected chi connectivity index (χ1v) is 9.84. The van der Waals surface area contributed by atoms with Gasteiger partial charge in [0.1, 0.15) is 5.01 Å². The first kappa shape index (κ1) is 17.2. The van der Waals surface area contributed by atoms with E-state index in [1.54, 1.807) is 0 Å². The van der Waals surface area contributed by atoms with Crippen molar-refractivity contribution >= 4 is 33.3 Å². The summed E-state index contributed by atoms with van der Waals surface area (Å²) < 4.78 is 0. The summed E-state index contributed by atoms with van der Waals surface area (Å²) in [6, 6.07) is 5.90. The lowest BCUT2D eigenvalue weighted by Gasteiger charge is -2.10. The second-order valence-corrected chi connectivity index (χ2v) is 8.12. The molecule has 7 heteroatoms. The number of nitrogens with zero attached hydrogens (tertiary/aromatic N) is 3. The monoisotopic (exact) mass is 369 g/mol. The number of nitrogens with one attached hydrogen (secondary N) is 2. The number of aromatic nitrogens is 3. The molecule has 3 aromatic rings. The van der Waals surface area contributed by atoms with Gasteiger partial charge in [-0.05, 0) is 57.5 Å². The summed E-state index contributed by atoms with van der Waals surface area (Å²) in [5.41, 5.74) is 4.45. The van der Waals surface area contributed by atoms with Crippen LogP contribution in [0.25, 0.3) is 10.9 Å². The van der Waals surface area contributed by atoms with Crippen molar-refractivity contribution in [2.75, 3.05) is 26.0 Å². The number of hydrogen-bond acceptors (Lipinski definition) is 5. The topological polar surface area (TPSA) is 73.9 Å². The van der Waals surface area contributed by atoms with Gasteiger partial charge in [0, 0.05) is 35.1 Å². The summed E-state index contributed by atoms with van der Waals surface area (Å²) in [7, 11) is 4.05. The van der Waals surface area contributed by atoms with E-state index in [1.807, 2.05) is 26.2 Å². The third kappa shape index (κ3) is 3.50. The predicted octanol–water partition coefficient (Wildman–Crippen LogP) is 3.25. The smallest absolute Gasteiger partial charge is 0.257 e. The number of hydrogen-bond donors (Lipinski definition) is 2. The Labute approximate surface area is 156 Å². The van der Waals surface area contributed by atoms with Gasteiger partial charge in [0.25, 0.3) is 5.91 Å². The van der Waals surface area contributed by atoms with E-state index in [9.17, 15) is 4.79 Å². The highest BCUT2D eigenvalue weighted by molar-refractivity contribution is 7.15. The Morgan fingerprint density at radius 3 is 2.96 bits per heavy atom. The Morgan fingerprint density at radius 1 is 1.27 bits per heavy atom. The average Bonchev–Trinajstić information content (AvgIpc) is 3.23. The number of fused-ring (bicyclic) bond motifs is 3. The highest BCUT2D eigenvalue weighted by Gasteiger charge is 2.17. The van der Waals surface area contributed by atoms with E-state index >= 15 is 0 Å². The Morgan fingerprint density at radius 2 is 2.12 bits per heavy atom. The van der Waals surface area contributed by atoms with Crippen LogP contribution >= 0.6 is 11.3 Å². The normalized spacial score (nSPS) is 14.0. The molecule has 0 spiro atoms. The molecule has 0 atom stereocenters. The van der Waals surface area contributed by atoms with Crippen molar-refractivity contribution in [1.82, 2.24) is 20.1 Å². The molecule has 26 heavy (non-hydrogen) atoms. The Kier molecular flexibility index (Phi) is 4.74. The number of amides is 1. The molecule has 4 rings (SSSR count). The average molecular weight is 369 g/mol. The van der Waals surface area contributed by atoms with Crippen molar-refractivity contribution in [3.05, 3.63) is 40.0 Å². The van der Waals surface area contributed by atoms with Crippen LogP contribution in [-0.2, 0) is 19.3 Å². The van der Waals surface area contributed by atoms with Gasteiger partial charge in [-0.15, -0.1) is 10.2 Å². The van der Waals surface area contributed by atoms with Crippen LogP contribution in [0.1, 0.15) is 39.5 Å². The number of H-pyrrole nitrogens is 1. The van der Waals surface area contributed by atoms with E-state index in [4.69, 9.17) is 0 Å². The first-order valence-electron chi connectivity index (χ1n) is 9.02. The van der Waals surface area contributed by atoms with Crippen molar-refractivity contribution in [1.29, 1.82) is 0 Å². The fourth-order valence-corrected chi connectivity index (χ4v) is 4.17. The second kappa shape index (κ2) is 7.17. The lowest BCUT2D eigenvalue weighted by Crippen LogP contribution is -2.14. The Hall–Kier alpha value is -2.25. The van der Waals surface area contributed by atoms with E-state index in [-0.39, 0.29) is 5.91 Å². The van der Waals surface area contributed by atoms with Gasteiger partial charge in [-0.1, -0.05) is 17.4 Å². The maximum atomic E-state index is 12.6. The molecule has 1 amide bonds. The minimum Gasteiger partial charge on any atom is -0.358 e. The van der Waals surface area contributed by atoms with Crippen LogP contribution < -0.4 is 5.32 Å². The van der Waals surface area contributed by atoms with Crippen molar-refractivity contribution < 1.29 is 4.79 Å². The van der Waals surface area contributed by atoms with Gasteiger partial charge in [0.15, 0.2) is 0 Å². The molecule has 2 heterocycles. The zero-order valence-corrected chi connectivity index (χ0v) is 15.9. The highest BCUT2D eigenvalue weighted by Crippen LogP contribution is 2.29. The molecule has 1 aliphatic carbocycles. The van der Waals surface area contributed by atoms with Gasteiger partial charge in [0.2, 0.25) is 5.13 Å². The molecule has 0 saturated heterocycles. The van der Waals surface area contributed by atoms with E-state index < -0.39 is 0 Å². The molecule has 0 fully saturated rings. The number of aromatic amines is 1. The fraction of sp³-hybridized carbons (Fsp3) is 0.421. The number of benzene rings is 1. The third-order valence-corrected chi connectivity index (χ3v) is 5.72. The van der Waals surface area contributed by atoms with E-state index in [2.05, 4.69) is 31.5 Å². The molecule has 6 nitrogen and oxygen atoms in total. The predicted molar refractivity (Wildman–Crippen MR) is 105 cm³/mol. The number of rotatable bonds is 5. The largest absolute Gasteiger partial charge is 0.358 e. The summed E-state index contributed by atoms with van der Waals surface area (Å²) in [6.07, 6.45) is 5.55. The molecule has 0 unspecified atom stereocenters. The minimum absolute atomic E-state index is 0.144. The molecular weight excluding hydrogens is 346 g/mol. The van der Waals surface area contributed by atoms with Crippen LogP contribution in [0.3, 0.4) is 0 Å². The number of carbonyl (C=O) groups excluding carboxylic acids is 1. The minimum atomic E-state index is -0.144. The van der Waals surface area contributed by atoms with Gasteiger partial charge in [-0.3, -0.25) is 10.1 Å². The molecule has 2 aromatic heterocycles. The lowest BCUT2D eigenvalue weighted by molar-refractivity contribution is 0.102. The lowest BCUT2D eigenvalue weighted by atomic mass is 9.95. The molecule has 2 N–H and O–H groups in total. The van der Waals surface area contributed by atoms with Gasteiger partial charge in [-0.2, -0.15) is 0 Å². The second-order valence-electron chi connectivity index (χ2n) is 7.06. The van der Waals surface area contributed by atoms with Crippen LogP contribution in [0, 0.1) is 0 Å². The molecule has 1 aliphatic rings. The van der Waals surface area contributed by atoms with Crippen LogP contribution in [0.15, 0.2) is 18.2 Å². The van der Waals surface area contributed by atoms with Gasteiger partial charge in [-0.25, -0.2) is 0 Å². The molecule has 0 bridgehead atoms. The summed E-state index contributed by atoms with van der Waals surface area (Å²) in [4.78, 5) is 18.2. The van der Waals surface area contributed by atoms with E-state index in [1.165, 1.54) is 40.8 Å². The molecular formula is C19H23N5OS. The number of likely N-dealkylation sites (N-methyl/N-ethyl adjacent to an activating group) is 1. The quantitative estimate of drug-likeness (QED) is 0.724. The molecule has 0 aliphatic heterocycles. The zero-order chi connectivity index (χ0) is 18.1. The maximum Gasteiger partial charge on any atom is 0.257 e. The molecule has 136 valence electrons. The van der Waals surface area contributed by atoms with Crippen LogP contribution in [-0.4, -0.2) is 46.6 Å². The van der Waals surface area contributed by atoms with Crippen LogP contribution in [0.4, 0.5) is 5.13 Å². The van der Waals surface area contributed by atoms with Crippen LogP contribution in [0.5, 0.6) is 0 Å². The summed E-state index contributed by atoms with van der Waals surface area (Å²) in [6.45, 7) is 0.913. The summed E-state index contributed by atoms with van der Waals surface area (Å²) in [5, 5.41) is 13.8. The highest BCUT2D eigenvalue weighted by atomic mass is 32.1. The van der Waals surface area contributed by atoms with Gasteiger partial charge >= 0.3 is 0 Å². The molecule has 1 aromatic carbocycles. The fourth-order valence-electron chi connectivity index (χ4n) is 3.45. The van der Waals surface area contributed by atoms with Gasteiger partial charge in [0.05, 0.1) is 0 Å². The number of anilines is 1. The zero-order valence-electron chi connectivity index (χ0n) is 15.1. The van der Waals surface area contributed by atoms with E-state index in [0.717, 1.165) is 36.3 Å². The molecule has 0 saturated carbocycles. The SMILES string of the molecule is CN(C)CCc1nnc(NC(=O)c2ccc3c4c([nH]c3c2)CCCC4)s1. The van der Waals surface area contributed by atoms with Gasteiger partial charge < -0.3 is 9.88 Å². The third-order valence-electron chi connectivity index (χ3n) is 4.82. The number of carbonyl (C=O) groups is 1. The van der Waals surface area contributed by atoms with Crippen molar-refractivity contribution in [2.45, 2.75) is 32.1 Å². The first-order chi connectivity index (χ1) is 12.6. The van der Waals surface area contributed by atoms with Crippen LogP contribution in [0.2, 0.25) is 0 Å². The molecule has 0 radical (unpaired) electrons. The van der Waals surface area contributed by atoms with E-state index in [0.29, 0.717) is 10.7 Å². The maximum absolute atomic E-state index is 12.6.